The molecule has 0 amide bonds. The second-order valence-corrected chi connectivity index (χ2v) is 5.13. The highest BCUT2D eigenvalue weighted by molar-refractivity contribution is 5.87. The molecule has 0 saturated heterocycles. The summed E-state index contributed by atoms with van der Waals surface area (Å²) in [4.78, 5) is 23.9. The summed E-state index contributed by atoms with van der Waals surface area (Å²) in [5.41, 5.74) is 0.508. The van der Waals surface area contributed by atoms with Crippen molar-refractivity contribution in [1.82, 2.24) is 4.57 Å². The third kappa shape index (κ3) is 2.73. The summed E-state index contributed by atoms with van der Waals surface area (Å²) < 4.78 is 20.3. The standard InChI is InChI=1S/C18H14FNO3/c1-23-15-7-5-12(6-8-15)10-20-14(11-21)9-13-3-2-4-16(19)17(13)18(20)22/h2-9,11H,10H2,1H3. The zero-order chi connectivity index (χ0) is 16.4. The van der Waals surface area contributed by atoms with Gasteiger partial charge in [-0.3, -0.25) is 9.59 Å². The molecule has 0 aliphatic rings. The van der Waals surface area contributed by atoms with Crippen LogP contribution in [0.3, 0.4) is 0 Å². The number of methoxy groups -OCH3 is 1. The Morgan fingerprint density at radius 2 is 1.91 bits per heavy atom. The molecule has 0 fully saturated rings. The number of ether oxygens (including phenoxy) is 1. The van der Waals surface area contributed by atoms with Crippen molar-refractivity contribution in [3.8, 4) is 5.75 Å². The van der Waals surface area contributed by atoms with E-state index in [1.165, 1.54) is 22.8 Å². The number of rotatable bonds is 4. The molecule has 116 valence electrons. The molecule has 23 heavy (non-hydrogen) atoms. The predicted octanol–water partition coefficient (Wildman–Crippen LogP) is 3.01. The van der Waals surface area contributed by atoms with Gasteiger partial charge in [0.15, 0.2) is 6.29 Å². The lowest BCUT2D eigenvalue weighted by atomic mass is 10.1. The van der Waals surface area contributed by atoms with Gasteiger partial charge in [-0.1, -0.05) is 24.3 Å². The predicted molar refractivity (Wildman–Crippen MR) is 85.6 cm³/mol. The first-order valence-corrected chi connectivity index (χ1v) is 7.04. The minimum Gasteiger partial charge on any atom is -0.497 e. The van der Waals surface area contributed by atoms with Gasteiger partial charge in [0.1, 0.15) is 11.6 Å². The molecule has 1 aromatic heterocycles. The fourth-order valence-electron chi connectivity index (χ4n) is 2.55. The molecule has 0 atom stereocenters. The largest absolute Gasteiger partial charge is 0.497 e. The third-order valence-electron chi connectivity index (χ3n) is 3.74. The van der Waals surface area contributed by atoms with Crippen LogP contribution in [0.25, 0.3) is 10.8 Å². The van der Waals surface area contributed by atoms with Crippen LogP contribution in [0.4, 0.5) is 4.39 Å². The number of halogens is 1. The van der Waals surface area contributed by atoms with E-state index in [1.54, 1.807) is 37.4 Å². The van der Waals surface area contributed by atoms with Crippen LogP contribution in [0.1, 0.15) is 16.1 Å². The minimum atomic E-state index is -0.589. The number of carbonyl (C=O) groups is 1. The third-order valence-corrected chi connectivity index (χ3v) is 3.74. The van der Waals surface area contributed by atoms with Crippen LogP contribution in [0.5, 0.6) is 5.75 Å². The number of pyridine rings is 1. The lowest BCUT2D eigenvalue weighted by molar-refractivity contribution is 0.111. The summed E-state index contributed by atoms with van der Waals surface area (Å²) in [5.74, 6) is 0.106. The fourth-order valence-corrected chi connectivity index (χ4v) is 2.55. The van der Waals surface area contributed by atoms with E-state index >= 15 is 0 Å². The molecule has 2 aromatic carbocycles. The molecule has 5 heteroatoms. The molecule has 0 radical (unpaired) electrons. The highest BCUT2D eigenvalue weighted by atomic mass is 19.1. The van der Waals surface area contributed by atoms with Gasteiger partial charge >= 0.3 is 0 Å². The SMILES string of the molecule is COc1ccc(Cn2c(C=O)cc3cccc(F)c3c2=O)cc1. The Balaban J connectivity index is 2.15. The molecular weight excluding hydrogens is 297 g/mol. The van der Waals surface area contributed by atoms with Crippen LogP contribution in [0.15, 0.2) is 53.3 Å². The maximum Gasteiger partial charge on any atom is 0.262 e. The monoisotopic (exact) mass is 311 g/mol. The van der Waals surface area contributed by atoms with E-state index in [0.29, 0.717) is 17.4 Å². The van der Waals surface area contributed by atoms with E-state index in [4.69, 9.17) is 4.74 Å². The lowest BCUT2D eigenvalue weighted by Crippen LogP contribution is -2.25. The smallest absolute Gasteiger partial charge is 0.262 e. The molecule has 0 spiro atoms. The van der Waals surface area contributed by atoms with Gasteiger partial charge in [-0.2, -0.15) is 0 Å². The zero-order valence-electron chi connectivity index (χ0n) is 12.5. The second-order valence-electron chi connectivity index (χ2n) is 5.13. The summed E-state index contributed by atoms with van der Waals surface area (Å²) >= 11 is 0. The molecule has 1 heterocycles. The topological polar surface area (TPSA) is 48.3 Å². The van der Waals surface area contributed by atoms with E-state index < -0.39 is 11.4 Å². The Morgan fingerprint density at radius 1 is 1.17 bits per heavy atom. The average molecular weight is 311 g/mol. The van der Waals surface area contributed by atoms with Crippen LogP contribution < -0.4 is 10.3 Å². The zero-order valence-corrected chi connectivity index (χ0v) is 12.5. The van der Waals surface area contributed by atoms with E-state index in [1.807, 2.05) is 0 Å². The normalized spacial score (nSPS) is 10.7. The van der Waals surface area contributed by atoms with Gasteiger partial charge in [-0.15, -0.1) is 0 Å². The van der Waals surface area contributed by atoms with Crippen LogP contribution in [-0.2, 0) is 6.54 Å². The molecule has 3 aromatic rings. The van der Waals surface area contributed by atoms with Crippen LogP contribution in [0.2, 0.25) is 0 Å². The highest BCUT2D eigenvalue weighted by Crippen LogP contribution is 2.17. The van der Waals surface area contributed by atoms with Crippen molar-refractivity contribution >= 4 is 17.1 Å². The number of hydrogen-bond acceptors (Lipinski definition) is 3. The maximum atomic E-state index is 14.0. The summed E-state index contributed by atoms with van der Waals surface area (Å²) in [6, 6.07) is 13.0. The van der Waals surface area contributed by atoms with Gasteiger partial charge in [0.25, 0.3) is 5.56 Å². The van der Waals surface area contributed by atoms with Gasteiger partial charge in [-0.05, 0) is 35.2 Å². The summed E-state index contributed by atoms with van der Waals surface area (Å²) in [6.07, 6.45) is 0.606. The lowest BCUT2D eigenvalue weighted by Gasteiger charge is -2.12. The van der Waals surface area contributed by atoms with Crippen LogP contribution in [0, 0.1) is 5.82 Å². The first kappa shape index (κ1) is 15.0. The van der Waals surface area contributed by atoms with Gasteiger partial charge < -0.3 is 9.30 Å². The number of aromatic nitrogens is 1. The van der Waals surface area contributed by atoms with Crippen LogP contribution >= 0.6 is 0 Å². The molecular formula is C18H14FNO3. The molecule has 0 unspecified atom stereocenters. The van der Waals surface area contributed by atoms with Gasteiger partial charge in [-0.25, -0.2) is 4.39 Å². The molecule has 0 saturated carbocycles. The van der Waals surface area contributed by atoms with Crippen molar-refractivity contribution in [3.63, 3.8) is 0 Å². The van der Waals surface area contributed by atoms with Crippen molar-refractivity contribution < 1.29 is 13.9 Å². The number of benzene rings is 2. The fraction of sp³-hybridized carbons (Fsp3) is 0.111. The van der Waals surface area contributed by atoms with Crippen molar-refractivity contribution in [1.29, 1.82) is 0 Å². The summed E-state index contributed by atoms with van der Waals surface area (Å²) in [6.45, 7) is 0.182. The van der Waals surface area contributed by atoms with Gasteiger partial charge in [0, 0.05) is 0 Å². The molecule has 0 aliphatic heterocycles. The Labute approximate surface area is 131 Å². The van der Waals surface area contributed by atoms with Crippen molar-refractivity contribution in [2.45, 2.75) is 6.54 Å². The first-order chi connectivity index (χ1) is 11.1. The van der Waals surface area contributed by atoms with E-state index in [-0.39, 0.29) is 17.6 Å². The number of nitrogens with zero attached hydrogens (tertiary/aromatic N) is 1. The van der Waals surface area contributed by atoms with Gasteiger partial charge in [0.2, 0.25) is 0 Å². The van der Waals surface area contributed by atoms with E-state index in [0.717, 1.165) is 5.56 Å². The molecule has 0 N–H and O–H groups in total. The Bertz CT molecular complexity index is 929. The Morgan fingerprint density at radius 3 is 2.57 bits per heavy atom. The maximum absolute atomic E-state index is 14.0. The molecule has 0 aliphatic carbocycles. The summed E-state index contributed by atoms with van der Waals surface area (Å²) in [7, 11) is 1.57. The first-order valence-electron chi connectivity index (χ1n) is 7.04. The minimum absolute atomic E-state index is 0.00777. The summed E-state index contributed by atoms with van der Waals surface area (Å²) in [5, 5.41) is 0.412. The number of aldehydes is 1. The van der Waals surface area contributed by atoms with Gasteiger partial charge in [0.05, 0.1) is 24.7 Å². The molecule has 0 bridgehead atoms. The number of hydrogen-bond donors (Lipinski definition) is 0. The number of carbonyl (C=O) groups excluding carboxylic acids is 1. The van der Waals surface area contributed by atoms with Crippen molar-refractivity contribution in [2.75, 3.05) is 7.11 Å². The quantitative estimate of drug-likeness (QED) is 0.696. The van der Waals surface area contributed by atoms with E-state index in [9.17, 15) is 14.0 Å². The Hall–Kier alpha value is -2.95. The Kier molecular flexibility index (Phi) is 3.93. The highest BCUT2D eigenvalue weighted by Gasteiger charge is 2.12. The molecule has 3 rings (SSSR count). The van der Waals surface area contributed by atoms with Crippen LogP contribution in [-0.4, -0.2) is 18.0 Å². The average Bonchev–Trinajstić information content (AvgIpc) is 2.57. The number of fused-ring (bicyclic) bond motifs is 1. The van der Waals surface area contributed by atoms with Crippen molar-refractivity contribution in [3.05, 3.63) is 76.0 Å². The molecule has 4 nitrogen and oxygen atoms in total. The van der Waals surface area contributed by atoms with E-state index in [2.05, 4.69) is 0 Å². The second kappa shape index (κ2) is 6.04. The van der Waals surface area contributed by atoms with Crippen molar-refractivity contribution in [2.24, 2.45) is 0 Å².